The van der Waals surface area contributed by atoms with Crippen molar-refractivity contribution in [2.24, 2.45) is 11.8 Å². The molecule has 11 nitrogen and oxygen atoms in total. The van der Waals surface area contributed by atoms with E-state index < -0.39 is 5.76 Å². The van der Waals surface area contributed by atoms with E-state index >= 15 is 0 Å². The largest absolute Gasteiger partial charge is 0.439 e. The van der Waals surface area contributed by atoms with Gasteiger partial charge in [0.15, 0.2) is 0 Å². The molecule has 6 heterocycles. The number of nitrogens with one attached hydrogen (secondary N) is 2. The molecule has 4 aromatic rings. The van der Waals surface area contributed by atoms with E-state index in [2.05, 4.69) is 36.8 Å². The van der Waals surface area contributed by atoms with Crippen molar-refractivity contribution < 1.29 is 9.26 Å². The van der Waals surface area contributed by atoms with E-state index in [-0.39, 0.29) is 18.0 Å². The number of H-pyrrole nitrogens is 1. The lowest BCUT2D eigenvalue weighted by Gasteiger charge is -2.44. The van der Waals surface area contributed by atoms with Crippen molar-refractivity contribution in [2.45, 2.75) is 57.7 Å². The number of hydrogen-bond donors (Lipinski definition) is 2. The maximum absolute atomic E-state index is 11.8. The van der Waals surface area contributed by atoms with Crippen LogP contribution >= 0.6 is 11.6 Å². The van der Waals surface area contributed by atoms with Gasteiger partial charge in [0.1, 0.15) is 5.69 Å². The van der Waals surface area contributed by atoms with E-state index in [4.69, 9.17) is 30.8 Å². The molecule has 40 heavy (non-hydrogen) atoms. The third-order valence-electron chi connectivity index (χ3n) is 8.65. The molecule has 2 aliphatic heterocycles. The molecule has 2 atom stereocenters. The minimum absolute atomic E-state index is 0.122. The van der Waals surface area contributed by atoms with Gasteiger partial charge >= 0.3 is 5.76 Å². The van der Waals surface area contributed by atoms with Crippen LogP contribution < -0.4 is 16.0 Å². The number of aromatic amines is 1. The fraction of sp³-hybridized carbons (Fsp3) is 0.536. The van der Waals surface area contributed by atoms with E-state index in [1.807, 2.05) is 12.1 Å². The molecule has 0 spiro atoms. The standard InChI is InChI=1S/C28H33ClN8O3/c1-16-2-4-17(5-3-16)15-37-25-20(33-27(37)36-8-9-39-23-14-30-7-6-22(23)36)11-21(26-34-28(38)40-35-26)32-24(25)18-10-19(29)13-31-12-18/h10-13,16-17,22-23,30H,2-9,14-15H2,1H3,(H,34,35,38)/t16?,17?,22-,23-/m1/s1. The van der Waals surface area contributed by atoms with Gasteiger partial charge in [0.2, 0.25) is 11.8 Å². The number of anilines is 1. The van der Waals surface area contributed by atoms with Gasteiger partial charge in [-0.05, 0) is 49.8 Å². The SMILES string of the molecule is CC1CCC(Cn2c(N3CCO[C@@H]4CNCC[C@H]43)nc3cc(-c4noc(=O)[nH]4)nc(-c4cncc(Cl)c4)c32)CC1. The van der Waals surface area contributed by atoms with Crippen LogP contribution in [-0.4, -0.2) is 68.0 Å². The second-order valence-electron chi connectivity index (χ2n) is 11.4. The maximum atomic E-state index is 11.8. The first-order valence-corrected chi connectivity index (χ1v) is 14.6. The highest BCUT2D eigenvalue weighted by Gasteiger charge is 2.37. The first kappa shape index (κ1) is 25.7. The van der Waals surface area contributed by atoms with Gasteiger partial charge in [0.05, 0.1) is 40.5 Å². The second-order valence-corrected chi connectivity index (χ2v) is 11.8. The molecule has 0 bridgehead atoms. The number of fused-ring (bicyclic) bond motifs is 2. The van der Waals surface area contributed by atoms with Crippen LogP contribution in [0.2, 0.25) is 5.02 Å². The number of imidazole rings is 1. The summed E-state index contributed by atoms with van der Waals surface area (Å²) in [6.45, 7) is 6.43. The number of rotatable bonds is 5. The highest BCUT2D eigenvalue weighted by molar-refractivity contribution is 6.30. The van der Waals surface area contributed by atoms with Gasteiger partial charge in [-0.15, -0.1) is 0 Å². The third-order valence-corrected chi connectivity index (χ3v) is 8.86. The number of hydrogen-bond acceptors (Lipinski definition) is 9. The second kappa shape index (κ2) is 10.6. The molecule has 2 saturated heterocycles. The highest BCUT2D eigenvalue weighted by Crippen LogP contribution is 2.38. The Morgan fingerprint density at radius 2 is 2.00 bits per heavy atom. The summed E-state index contributed by atoms with van der Waals surface area (Å²) in [5.41, 5.74) is 3.66. The van der Waals surface area contributed by atoms with Crippen LogP contribution in [0.1, 0.15) is 39.0 Å². The zero-order chi connectivity index (χ0) is 27.2. The zero-order valence-corrected chi connectivity index (χ0v) is 23.2. The monoisotopic (exact) mass is 564 g/mol. The summed E-state index contributed by atoms with van der Waals surface area (Å²) in [5, 5.41) is 7.90. The third kappa shape index (κ3) is 4.80. The van der Waals surface area contributed by atoms with Crippen LogP contribution in [-0.2, 0) is 11.3 Å². The topological polar surface area (TPSA) is 127 Å². The molecule has 2 N–H and O–H groups in total. The van der Waals surface area contributed by atoms with Crippen LogP contribution in [0, 0.1) is 11.8 Å². The molecule has 1 saturated carbocycles. The molecule has 7 rings (SSSR count). The summed E-state index contributed by atoms with van der Waals surface area (Å²) in [6, 6.07) is 3.99. The van der Waals surface area contributed by atoms with E-state index in [9.17, 15) is 4.79 Å². The maximum Gasteiger partial charge on any atom is 0.439 e. The number of morpholine rings is 1. The van der Waals surface area contributed by atoms with E-state index in [1.165, 1.54) is 25.7 Å². The quantitative estimate of drug-likeness (QED) is 0.371. The summed E-state index contributed by atoms with van der Waals surface area (Å²) in [5.74, 6) is 1.88. The van der Waals surface area contributed by atoms with Gasteiger partial charge in [0, 0.05) is 37.6 Å². The Labute approximate surface area is 236 Å². The van der Waals surface area contributed by atoms with Crippen molar-refractivity contribution in [3.63, 3.8) is 0 Å². The van der Waals surface area contributed by atoms with Gasteiger partial charge in [-0.2, -0.15) is 0 Å². The average Bonchev–Trinajstić information content (AvgIpc) is 3.57. The Morgan fingerprint density at radius 1 is 1.12 bits per heavy atom. The van der Waals surface area contributed by atoms with Crippen LogP contribution in [0.15, 0.2) is 33.8 Å². The van der Waals surface area contributed by atoms with Gasteiger partial charge in [0.25, 0.3) is 0 Å². The lowest BCUT2D eigenvalue weighted by Crippen LogP contribution is -2.59. The minimum atomic E-state index is -0.633. The van der Waals surface area contributed by atoms with Gasteiger partial charge in [-0.25, -0.2) is 14.8 Å². The molecular formula is C28H33ClN8O3. The normalized spacial score (nSPS) is 25.3. The zero-order valence-electron chi connectivity index (χ0n) is 22.5. The Kier molecular flexibility index (Phi) is 6.81. The number of ether oxygens (including phenoxy) is 1. The molecule has 210 valence electrons. The van der Waals surface area contributed by atoms with Crippen LogP contribution in [0.5, 0.6) is 0 Å². The number of aromatic nitrogens is 6. The van der Waals surface area contributed by atoms with Crippen molar-refractivity contribution in [1.82, 2.24) is 35.0 Å². The average molecular weight is 565 g/mol. The Bertz CT molecular complexity index is 1570. The lowest BCUT2D eigenvalue weighted by molar-refractivity contribution is -0.00116. The predicted octanol–water partition coefficient (Wildman–Crippen LogP) is 3.88. The number of pyridine rings is 2. The Balaban J connectivity index is 1.44. The molecular weight excluding hydrogens is 532 g/mol. The number of nitrogens with zero attached hydrogens (tertiary/aromatic N) is 6. The fourth-order valence-corrected chi connectivity index (χ4v) is 6.74. The van der Waals surface area contributed by atoms with Crippen LogP contribution in [0.3, 0.4) is 0 Å². The molecule has 0 unspecified atom stereocenters. The van der Waals surface area contributed by atoms with Crippen molar-refractivity contribution in [1.29, 1.82) is 0 Å². The molecule has 0 amide bonds. The molecule has 12 heteroatoms. The van der Waals surface area contributed by atoms with E-state index in [1.54, 1.807) is 12.4 Å². The summed E-state index contributed by atoms with van der Waals surface area (Å²) in [6.07, 6.45) is 9.36. The number of halogens is 1. The van der Waals surface area contributed by atoms with E-state index in [0.29, 0.717) is 28.9 Å². The van der Waals surface area contributed by atoms with Crippen molar-refractivity contribution in [3.05, 3.63) is 40.1 Å². The molecule has 3 fully saturated rings. The van der Waals surface area contributed by atoms with Crippen molar-refractivity contribution >= 4 is 28.6 Å². The first-order valence-electron chi connectivity index (χ1n) is 14.2. The smallest absolute Gasteiger partial charge is 0.373 e. The number of piperidine rings is 1. The van der Waals surface area contributed by atoms with Crippen molar-refractivity contribution in [3.8, 4) is 22.8 Å². The van der Waals surface area contributed by atoms with Crippen molar-refractivity contribution in [2.75, 3.05) is 31.1 Å². The summed E-state index contributed by atoms with van der Waals surface area (Å²) < 4.78 is 13.3. The first-order chi connectivity index (χ1) is 19.5. The fourth-order valence-electron chi connectivity index (χ4n) is 6.57. The molecule has 4 aromatic heterocycles. The molecule has 3 aliphatic rings. The summed E-state index contributed by atoms with van der Waals surface area (Å²) in [4.78, 5) is 31.5. The summed E-state index contributed by atoms with van der Waals surface area (Å²) >= 11 is 6.40. The minimum Gasteiger partial charge on any atom is -0.373 e. The molecule has 0 aromatic carbocycles. The van der Waals surface area contributed by atoms with Gasteiger partial charge in [-0.1, -0.05) is 36.5 Å². The molecule has 1 aliphatic carbocycles. The lowest BCUT2D eigenvalue weighted by atomic mass is 9.83. The Morgan fingerprint density at radius 3 is 2.80 bits per heavy atom. The van der Waals surface area contributed by atoms with Gasteiger partial charge < -0.3 is 19.5 Å². The van der Waals surface area contributed by atoms with Crippen LogP contribution in [0.4, 0.5) is 5.95 Å². The Hall–Kier alpha value is -3.28. The predicted molar refractivity (Wildman–Crippen MR) is 151 cm³/mol. The van der Waals surface area contributed by atoms with Crippen LogP contribution in [0.25, 0.3) is 33.8 Å². The summed E-state index contributed by atoms with van der Waals surface area (Å²) in [7, 11) is 0. The molecule has 0 radical (unpaired) electrons. The highest BCUT2D eigenvalue weighted by atomic mass is 35.5. The van der Waals surface area contributed by atoms with E-state index in [0.717, 1.165) is 61.1 Å². The van der Waals surface area contributed by atoms with Gasteiger partial charge in [-0.3, -0.25) is 14.5 Å².